The van der Waals surface area contributed by atoms with Gasteiger partial charge in [0, 0.05) is 21.2 Å². The van der Waals surface area contributed by atoms with Crippen molar-refractivity contribution in [3.63, 3.8) is 0 Å². The van der Waals surface area contributed by atoms with Crippen LogP contribution in [0.1, 0.15) is 5.56 Å². The van der Waals surface area contributed by atoms with Crippen LogP contribution >= 0.6 is 42.1 Å². The van der Waals surface area contributed by atoms with E-state index in [9.17, 15) is 22.3 Å². The second kappa shape index (κ2) is 7.91. The average molecular weight is 484 g/mol. The number of halogens is 3. The Morgan fingerprint density at radius 3 is 2.64 bits per heavy atom. The summed E-state index contributed by atoms with van der Waals surface area (Å²) in [4.78, 5) is 9.91. The molecule has 1 aromatic heterocycles. The van der Waals surface area contributed by atoms with E-state index in [1.807, 2.05) is 4.72 Å². The van der Waals surface area contributed by atoms with Gasteiger partial charge in [-0.3, -0.25) is 0 Å². The molecule has 0 aliphatic rings. The largest absolute Gasteiger partial charge is 0.424 e. The summed E-state index contributed by atoms with van der Waals surface area (Å²) in [6.07, 6.45) is -0.895. The van der Waals surface area contributed by atoms with E-state index in [0.717, 1.165) is 17.4 Å². The highest BCUT2D eigenvalue weighted by atomic mass is 35.5. The first-order valence-electron chi connectivity index (χ1n) is 7.63. The lowest BCUT2D eigenvalue weighted by Gasteiger charge is -2.14. The van der Waals surface area contributed by atoms with Gasteiger partial charge in [0.1, 0.15) is 22.1 Å². The Hall–Kier alpha value is -1.19. The minimum Gasteiger partial charge on any atom is -0.424 e. The summed E-state index contributed by atoms with van der Waals surface area (Å²) in [5.41, 5.74) is 0.337. The van der Waals surface area contributed by atoms with E-state index in [0.29, 0.717) is 20.7 Å². The molecule has 3 rings (SSSR count). The number of hydrogen-bond acceptors (Lipinski definition) is 5. The summed E-state index contributed by atoms with van der Waals surface area (Å²) in [6.45, 7) is 1.52. The molecule has 0 aliphatic heterocycles. The first kappa shape index (κ1) is 21.5. The van der Waals surface area contributed by atoms with Crippen molar-refractivity contribution in [2.24, 2.45) is 0 Å². The molecule has 0 radical (unpaired) electrons. The van der Waals surface area contributed by atoms with Crippen molar-refractivity contribution < 1.29 is 26.8 Å². The quantitative estimate of drug-likeness (QED) is 0.472. The highest BCUT2D eigenvalue weighted by Crippen LogP contribution is 2.42. The Balaban J connectivity index is 1.77. The summed E-state index contributed by atoms with van der Waals surface area (Å²) >= 11 is 12.9. The first-order valence-corrected chi connectivity index (χ1v) is 12.4. The van der Waals surface area contributed by atoms with Crippen LogP contribution in [0.25, 0.3) is 10.1 Å². The fourth-order valence-electron chi connectivity index (χ4n) is 2.24. The summed E-state index contributed by atoms with van der Waals surface area (Å²) in [6, 6.07) is 8.04. The van der Waals surface area contributed by atoms with Crippen molar-refractivity contribution >= 4 is 62.2 Å². The summed E-state index contributed by atoms with van der Waals surface area (Å²) in [5, 5.41) is 1.14. The van der Waals surface area contributed by atoms with Gasteiger partial charge in [0.25, 0.3) is 10.0 Å². The predicted molar refractivity (Wildman–Crippen MR) is 109 cm³/mol. The number of thiophene rings is 1. The van der Waals surface area contributed by atoms with Crippen molar-refractivity contribution in [3.8, 4) is 5.75 Å². The molecule has 0 saturated carbocycles. The number of sulfonamides is 1. The van der Waals surface area contributed by atoms with Crippen LogP contribution in [0, 0.1) is 12.7 Å². The SMILES string of the molecule is Cc1ccc(OP(=O)(O)CNS(=O)(=O)c2cc3c(Cl)cc(Cl)cc3s2)cc1F. The second-order valence-electron chi connectivity index (χ2n) is 5.81. The molecule has 3 aromatic rings. The third-order valence-electron chi connectivity index (χ3n) is 3.64. The number of benzene rings is 2. The molecule has 6 nitrogen and oxygen atoms in total. The summed E-state index contributed by atoms with van der Waals surface area (Å²) in [5.74, 6) is -0.796. The minimum atomic E-state index is -4.42. The molecule has 12 heteroatoms. The predicted octanol–water partition coefficient (Wildman–Crippen LogP) is 5.16. The minimum absolute atomic E-state index is 0.104. The van der Waals surface area contributed by atoms with Crippen LogP contribution < -0.4 is 9.25 Å². The molecule has 0 saturated heterocycles. The zero-order valence-electron chi connectivity index (χ0n) is 14.1. The van der Waals surface area contributed by atoms with E-state index in [2.05, 4.69) is 0 Å². The fourth-order valence-corrected chi connectivity index (χ4v) is 6.91. The third-order valence-corrected chi connectivity index (χ3v) is 8.40. The van der Waals surface area contributed by atoms with Gasteiger partial charge in [-0.15, -0.1) is 11.3 Å². The Labute approximate surface area is 174 Å². The van der Waals surface area contributed by atoms with E-state index < -0.39 is 29.7 Å². The monoisotopic (exact) mass is 483 g/mol. The standard InChI is InChI=1S/C16H13Cl2FNO5PS2/c1-9-2-3-11(6-14(9)19)25-26(21,22)8-20-28(23,24)16-7-12-13(18)4-10(17)5-15(12)27-16/h2-7,20H,8H2,1H3,(H,21,22). The van der Waals surface area contributed by atoms with Gasteiger partial charge in [-0.2, -0.15) is 4.72 Å². The van der Waals surface area contributed by atoms with Gasteiger partial charge < -0.3 is 9.42 Å². The van der Waals surface area contributed by atoms with Crippen molar-refractivity contribution in [1.82, 2.24) is 4.72 Å². The first-order chi connectivity index (χ1) is 13.0. The Bertz CT molecular complexity index is 1220. The zero-order valence-corrected chi connectivity index (χ0v) is 18.2. The molecule has 0 amide bonds. The van der Waals surface area contributed by atoms with Gasteiger partial charge in [-0.05, 0) is 36.8 Å². The molecule has 0 fully saturated rings. The van der Waals surface area contributed by atoms with Crippen LogP contribution in [0.5, 0.6) is 5.75 Å². The molecule has 2 N–H and O–H groups in total. The van der Waals surface area contributed by atoms with E-state index in [-0.39, 0.29) is 15.0 Å². The molecule has 1 atom stereocenters. The van der Waals surface area contributed by atoms with Crippen molar-refractivity contribution in [2.45, 2.75) is 11.1 Å². The average Bonchev–Trinajstić information content (AvgIpc) is 3.02. The maximum Gasteiger partial charge on any atom is 0.391 e. The molecule has 0 aliphatic carbocycles. The van der Waals surface area contributed by atoms with Crippen LogP contribution in [0.15, 0.2) is 40.6 Å². The number of hydrogen-bond donors (Lipinski definition) is 2. The number of aryl methyl sites for hydroxylation is 1. The molecule has 150 valence electrons. The van der Waals surface area contributed by atoms with E-state index in [1.54, 1.807) is 6.07 Å². The van der Waals surface area contributed by atoms with Gasteiger partial charge in [0.2, 0.25) is 0 Å². The number of nitrogens with one attached hydrogen (secondary N) is 1. The molecular weight excluding hydrogens is 471 g/mol. The second-order valence-corrected chi connectivity index (χ2v) is 11.5. The maximum absolute atomic E-state index is 13.5. The van der Waals surface area contributed by atoms with Gasteiger partial charge in [0.15, 0.2) is 0 Å². The Morgan fingerprint density at radius 1 is 1.25 bits per heavy atom. The topological polar surface area (TPSA) is 92.7 Å². The third kappa shape index (κ3) is 4.86. The lowest BCUT2D eigenvalue weighted by molar-refractivity contribution is 0.377. The normalized spacial score (nSPS) is 14.2. The van der Waals surface area contributed by atoms with Crippen LogP contribution in [0.2, 0.25) is 10.0 Å². The number of fused-ring (bicyclic) bond motifs is 1. The van der Waals surface area contributed by atoms with Gasteiger partial charge in [-0.1, -0.05) is 29.3 Å². The Morgan fingerprint density at radius 2 is 1.96 bits per heavy atom. The van der Waals surface area contributed by atoms with Crippen molar-refractivity contribution in [2.75, 3.05) is 6.29 Å². The van der Waals surface area contributed by atoms with E-state index in [1.165, 1.54) is 31.2 Å². The van der Waals surface area contributed by atoms with Gasteiger partial charge in [0.05, 0.1) is 5.02 Å². The molecule has 1 unspecified atom stereocenters. The van der Waals surface area contributed by atoms with Crippen LogP contribution in [-0.4, -0.2) is 19.6 Å². The number of rotatable bonds is 6. The lowest BCUT2D eigenvalue weighted by atomic mass is 10.2. The molecule has 1 heterocycles. The molecule has 0 bridgehead atoms. The molecular formula is C16H13Cl2FNO5PS2. The van der Waals surface area contributed by atoms with E-state index >= 15 is 0 Å². The van der Waals surface area contributed by atoms with Crippen LogP contribution in [-0.2, 0) is 14.6 Å². The van der Waals surface area contributed by atoms with Crippen LogP contribution in [0.4, 0.5) is 4.39 Å². The van der Waals surface area contributed by atoms with E-state index in [4.69, 9.17) is 27.7 Å². The smallest absolute Gasteiger partial charge is 0.391 e. The fraction of sp³-hybridized carbons (Fsp3) is 0.125. The molecule has 0 spiro atoms. The highest BCUT2D eigenvalue weighted by Gasteiger charge is 2.27. The Kier molecular flexibility index (Phi) is 6.08. The van der Waals surface area contributed by atoms with Crippen molar-refractivity contribution in [1.29, 1.82) is 0 Å². The van der Waals surface area contributed by atoms with Gasteiger partial charge in [-0.25, -0.2) is 17.4 Å². The highest BCUT2D eigenvalue weighted by molar-refractivity contribution is 7.92. The maximum atomic E-state index is 13.5. The van der Waals surface area contributed by atoms with Crippen molar-refractivity contribution in [3.05, 3.63) is 57.8 Å². The molecule has 28 heavy (non-hydrogen) atoms. The lowest BCUT2D eigenvalue weighted by Crippen LogP contribution is -2.25. The summed E-state index contributed by atoms with van der Waals surface area (Å²) < 4.78 is 58.0. The van der Waals surface area contributed by atoms with Crippen LogP contribution in [0.3, 0.4) is 0 Å². The summed E-state index contributed by atoms with van der Waals surface area (Å²) in [7, 11) is -8.53. The molecule has 2 aromatic carbocycles. The zero-order chi connectivity index (χ0) is 20.7. The van der Waals surface area contributed by atoms with Gasteiger partial charge >= 0.3 is 7.60 Å².